The van der Waals surface area contributed by atoms with E-state index in [1.165, 1.54) is 6.07 Å². The molecule has 1 N–H and O–H groups in total. The number of nitrogens with zero attached hydrogens (tertiary/aromatic N) is 3. The van der Waals surface area contributed by atoms with E-state index in [1.54, 1.807) is 4.90 Å². The topological polar surface area (TPSA) is 87.8 Å². The molecule has 0 radical (unpaired) electrons. The van der Waals surface area contributed by atoms with E-state index >= 15 is 0 Å². The maximum atomic E-state index is 12.7. The predicted molar refractivity (Wildman–Crippen MR) is 99.4 cm³/mol. The standard InChI is InChI=1S/C19H22N4O4/c1-22(2)19-20-14(9-17(24)21-19)13-5-6-23(10-13)18(25)8-12-3-4-15-16(7-12)27-11-26-15/h3-4,7,9,13H,5-6,8,10-11H2,1-2H3,(H,20,21,24)/t13-/m1/s1. The first-order chi connectivity index (χ1) is 13.0. The average molecular weight is 370 g/mol. The summed E-state index contributed by atoms with van der Waals surface area (Å²) in [4.78, 5) is 35.4. The van der Waals surface area contributed by atoms with Crippen molar-refractivity contribution in [3.63, 3.8) is 0 Å². The SMILES string of the molecule is CN(C)c1nc([C@@H]2CCN(C(=O)Cc3ccc4c(c3)OCO4)C2)cc(=O)[nH]1. The normalized spacial score (nSPS) is 18.0. The summed E-state index contributed by atoms with van der Waals surface area (Å²) in [5.74, 6) is 2.07. The van der Waals surface area contributed by atoms with Crippen molar-refractivity contribution in [2.45, 2.75) is 18.8 Å². The summed E-state index contributed by atoms with van der Waals surface area (Å²) in [7, 11) is 3.66. The summed E-state index contributed by atoms with van der Waals surface area (Å²) in [6.07, 6.45) is 1.12. The van der Waals surface area contributed by atoms with Crippen LogP contribution in [0.15, 0.2) is 29.1 Å². The highest BCUT2D eigenvalue weighted by molar-refractivity contribution is 5.79. The molecule has 8 heteroatoms. The van der Waals surface area contributed by atoms with Gasteiger partial charge in [0, 0.05) is 39.2 Å². The van der Waals surface area contributed by atoms with Crippen LogP contribution >= 0.6 is 0 Å². The molecule has 0 aliphatic carbocycles. The predicted octanol–water partition coefficient (Wildman–Crippen LogP) is 1.12. The van der Waals surface area contributed by atoms with Crippen LogP contribution < -0.4 is 19.9 Å². The molecule has 1 saturated heterocycles. The fourth-order valence-corrected chi connectivity index (χ4v) is 3.45. The molecule has 0 bridgehead atoms. The average Bonchev–Trinajstić information content (AvgIpc) is 3.30. The Hall–Kier alpha value is -3.03. The third kappa shape index (κ3) is 3.60. The van der Waals surface area contributed by atoms with Crippen LogP contribution in [0.25, 0.3) is 0 Å². The summed E-state index contributed by atoms with van der Waals surface area (Å²) in [6.45, 7) is 1.46. The van der Waals surface area contributed by atoms with Gasteiger partial charge >= 0.3 is 0 Å². The van der Waals surface area contributed by atoms with Gasteiger partial charge in [0.05, 0.1) is 12.1 Å². The number of aromatic nitrogens is 2. The molecule has 27 heavy (non-hydrogen) atoms. The zero-order valence-corrected chi connectivity index (χ0v) is 15.4. The number of carbonyl (C=O) groups excluding carboxylic acids is 1. The number of hydrogen-bond acceptors (Lipinski definition) is 6. The van der Waals surface area contributed by atoms with Gasteiger partial charge in [-0.1, -0.05) is 6.07 Å². The van der Waals surface area contributed by atoms with Crippen LogP contribution in [0.2, 0.25) is 0 Å². The van der Waals surface area contributed by atoms with Crippen LogP contribution in [0, 0.1) is 0 Å². The molecule has 1 fully saturated rings. The van der Waals surface area contributed by atoms with Crippen molar-refractivity contribution in [3.8, 4) is 11.5 Å². The van der Waals surface area contributed by atoms with E-state index in [2.05, 4.69) is 9.97 Å². The maximum absolute atomic E-state index is 12.7. The van der Waals surface area contributed by atoms with E-state index in [9.17, 15) is 9.59 Å². The Morgan fingerprint density at radius 3 is 2.93 bits per heavy atom. The molecule has 0 unspecified atom stereocenters. The first-order valence-electron chi connectivity index (χ1n) is 8.94. The van der Waals surface area contributed by atoms with Gasteiger partial charge in [0.25, 0.3) is 5.56 Å². The second kappa shape index (κ2) is 6.94. The molecular weight excluding hydrogens is 348 g/mol. The van der Waals surface area contributed by atoms with Gasteiger partial charge in [0.1, 0.15) is 0 Å². The molecule has 2 aromatic rings. The lowest BCUT2D eigenvalue weighted by Crippen LogP contribution is -2.30. The minimum absolute atomic E-state index is 0.0639. The first kappa shape index (κ1) is 17.4. The molecule has 1 amide bonds. The number of fused-ring (bicyclic) bond motifs is 1. The third-order valence-corrected chi connectivity index (χ3v) is 4.92. The number of aromatic amines is 1. The lowest BCUT2D eigenvalue weighted by Gasteiger charge is -2.17. The van der Waals surface area contributed by atoms with Gasteiger partial charge in [-0.2, -0.15) is 0 Å². The highest BCUT2D eigenvalue weighted by atomic mass is 16.7. The summed E-state index contributed by atoms with van der Waals surface area (Å²) in [5, 5.41) is 0. The molecule has 0 saturated carbocycles. The fourth-order valence-electron chi connectivity index (χ4n) is 3.45. The van der Waals surface area contributed by atoms with Crippen LogP contribution in [0.1, 0.15) is 23.6 Å². The number of H-pyrrole nitrogens is 1. The zero-order valence-electron chi connectivity index (χ0n) is 15.4. The lowest BCUT2D eigenvalue weighted by molar-refractivity contribution is -0.129. The molecule has 8 nitrogen and oxygen atoms in total. The summed E-state index contributed by atoms with van der Waals surface area (Å²) in [6, 6.07) is 7.11. The van der Waals surface area contributed by atoms with Gasteiger partial charge in [0.2, 0.25) is 18.6 Å². The van der Waals surface area contributed by atoms with Gasteiger partial charge in [0.15, 0.2) is 11.5 Å². The van der Waals surface area contributed by atoms with E-state index in [-0.39, 0.29) is 24.2 Å². The Kier molecular flexibility index (Phi) is 4.47. The number of hydrogen-bond donors (Lipinski definition) is 1. The third-order valence-electron chi connectivity index (χ3n) is 4.92. The molecule has 1 aromatic carbocycles. The summed E-state index contributed by atoms with van der Waals surface area (Å²) >= 11 is 0. The first-order valence-corrected chi connectivity index (χ1v) is 8.94. The van der Waals surface area contributed by atoms with Crippen molar-refractivity contribution in [1.29, 1.82) is 0 Å². The Bertz CT molecular complexity index is 924. The van der Waals surface area contributed by atoms with Crippen LogP contribution in [-0.4, -0.2) is 54.8 Å². The van der Waals surface area contributed by atoms with Gasteiger partial charge < -0.3 is 19.3 Å². The van der Waals surface area contributed by atoms with E-state index in [4.69, 9.17) is 9.47 Å². The van der Waals surface area contributed by atoms with Crippen molar-refractivity contribution in [1.82, 2.24) is 14.9 Å². The number of likely N-dealkylation sites (tertiary alicyclic amines) is 1. The largest absolute Gasteiger partial charge is 0.454 e. The number of benzene rings is 1. The van der Waals surface area contributed by atoms with Crippen LogP contribution in [0.5, 0.6) is 11.5 Å². The van der Waals surface area contributed by atoms with Gasteiger partial charge in [-0.05, 0) is 24.1 Å². The molecular formula is C19H22N4O4. The van der Waals surface area contributed by atoms with E-state index in [0.29, 0.717) is 37.0 Å². The smallest absolute Gasteiger partial charge is 0.252 e. The molecule has 3 heterocycles. The molecule has 2 aliphatic heterocycles. The minimum Gasteiger partial charge on any atom is -0.454 e. The Morgan fingerprint density at radius 2 is 2.11 bits per heavy atom. The highest BCUT2D eigenvalue weighted by Gasteiger charge is 2.29. The lowest BCUT2D eigenvalue weighted by atomic mass is 10.0. The van der Waals surface area contributed by atoms with Crippen LogP contribution in [0.3, 0.4) is 0 Å². The number of nitrogens with one attached hydrogen (secondary N) is 1. The quantitative estimate of drug-likeness (QED) is 0.868. The Balaban J connectivity index is 1.43. The maximum Gasteiger partial charge on any atom is 0.252 e. The van der Waals surface area contributed by atoms with E-state index < -0.39 is 0 Å². The molecule has 0 spiro atoms. The minimum atomic E-state index is -0.172. The zero-order chi connectivity index (χ0) is 19.0. The number of rotatable bonds is 4. The summed E-state index contributed by atoms with van der Waals surface area (Å²) in [5.41, 5.74) is 1.46. The second-order valence-electron chi connectivity index (χ2n) is 7.08. The Labute approximate surface area is 156 Å². The van der Waals surface area contributed by atoms with Gasteiger partial charge in [-0.15, -0.1) is 0 Å². The van der Waals surface area contributed by atoms with Crippen molar-refractivity contribution in [2.24, 2.45) is 0 Å². The van der Waals surface area contributed by atoms with E-state index in [0.717, 1.165) is 17.7 Å². The van der Waals surface area contributed by atoms with Crippen molar-refractivity contribution in [2.75, 3.05) is 38.9 Å². The molecule has 142 valence electrons. The molecule has 4 rings (SSSR count). The van der Waals surface area contributed by atoms with Crippen LogP contribution in [-0.2, 0) is 11.2 Å². The van der Waals surface area contributed by atoms with Gasteiger partial charge in [-0.3, -0.25) is 14.6 Å². The van der Waals surface area contributed by atoms with Crippen LogP contribution in [0.4, 0.5) is 5.95 Å². The van der Waals surface area contributed by atoms with Crippen molar-refractivity contribution in [3.05, 3.63) is 45.9 Å². The highest BCUT2D eigenvalue weighted by Crippen LogP contribution is 2.33. The van der Waals surface area contributed by atoms with E-state index in [1.807, 2.05) is 37.2 Å². The monoisotopic (exact) mass is 370 g/mol. The number of amides is 1. The molecule has 1 atom stereocenters. The number of carbonyl (C=O) groups is 1. The summed E-state index contributed by atoms with van der Waals surface area (Å²) < 4.78 is 10.7. The second-order valence-corrected chi connectivity index (χ2v) is 7.08. The molecule has 2 aliphatic rings. The van der Waals surface area contributed by atoms with Crippen molar-refractivity contribution < 1.29 is 14.3 Å². The number of ether oxygens (including phenoxy) is 2. The Morgan fingerprint density at radius 1 is 1.30 bits per heavy atom. The molecule has 1 aromatic heterocycles. The fraction of sp³-hybridized carbons (Fsp3) is 0.421. The van der Waals surface area contributed by atoms with Gasteiger partial charge in [-0.25, -0.2) is 4.98 Å². The number of anilines is 1. The van der Waals surface area contributed by atoms with Crippen molar-refractivity contribution >= 4 is 11.9 Å².